The van der Waals surface area contributed by atoms with E-state index in [4.69, 9.17) is 0 Å². The molecular weight excluding hydrogens is 330 g/mol. The average molecular weight is 355 g/mol. The molecule has 3 heterocycles. The molecule has 1 aromatic rings. The number of Topliss-reactive ketones (excluding diaryl/α,β-unsaturated/α-hetero) is 1. The van der Waals surface area contributed by atoms with E-state index in [-0.39, 0.29) is 29.7 Å². The van der Waals surface area contributed by atoms with Crippen LogP contribution in [-0.2, 0) is 4.79 Å². The van der Waals surface area contributed by atoms with E-state index >= 15 is 0 Å². The van der Waals surface area contributed by atoms with Crippen LogP contribution in [0.25, 0.3) is 0 Å². The first-order valence-corrected chi connectivity index (χ1v) is 9.48. The highest BCUT2D eigenvalue weighted by atomic mass is 16.2. The van der Waals surface area contributed by atoms with Crippen molar-refractivity contribution in [2.75, 3.05) is 25.0 Å². The Kier molecular flexibility index (Phi) is 4.42. The minimum absolute atomic E-state index is 0.00114. The largest absolute Gasteiger partial charge is 0.337 e. The van der Waals surface area contributed by atoms with E-state index in [1.165, 1.54) is 19.8 Å². The highest BCUT2D eigenvalue weighted by Crippen LogP contribution is 2.35. The smallest absolute Gasteiger partial charge is 0.321 e. The third kappa shape index (κ3) is 3.45. The van der Waals surface area contributed by atoms with Crippen LogP contribution in [-0.4, -0.2) is 53.2 Å². The third-order valence-electron chi connectivity index (χ3n) is 5.78. The summed E-state index contributed by atoms with van der Waals surface area (Å²) in [5.74, 6) is 0.828. The van der Waals surface area contributed by atoms with Gasteiger partial charge in [0.15, 0.2) is 5.78 Å². The number of hydrogen-bond acceptors (Lipinski definition) is 3. The molecule has 4 aliphatic rings. The van der Waals surface area contributed by atoms with Gasteiger partial charge >= 0.3 is 6.03 Å². The molecule has 5 rings (SSSR count). The molecule has 3 amide bonds. The molecule has 3 aliphatic heterocycles. The van der Waals surface area contributed by atoms with Crippen molar-refractivity contribution in [3.05, 3.63) is 29.8 Å². The number of urea groups is 1. The van der Waals surface area contributed by atoms with Crippen molar-refractivity contribution < 1.29 is 14.4 Å². The molecule has 0 aromatic heterocycles. The Labute approximate surface area is 153 Å². The van der Waals surface area contributed by atoms with Crippen molar-refractivity contribution in [2.24, 2.45) is 11.8 Å². The number of nitrogens with one attached hydrogen (secondary N) is 1. The van der Waals surface area contributed by atoms with Gasteiger partial charge in [-0.05, 0) is 62.8 Å². The molecule has 26 heavy (non-hydrogen) atoms. The molecule has 2 atom stereocenters. The third-order valence-corrected chi connectivity index (χ3v) is 5.78. The van der Waals surface area contributed by atoms with Crippen LogP contribution in [0.5, 0.6) is 0 Å². The number of piperidine rings is 1. The molecule has 2 bridgehead atoms. The van der Waals surface area contributed by atoms with Crippen LogP contribution in [0.4, 0.5) is 10.5 Å². The average Bonchev–Trinajstić information content (AvgIpc) is 3.45. The summed E-state index contributed by atoms with van der Waals surface area (Å²) in [6.45, 7) is 3.48. The lowest BCUT2D eigenvalue weighted by molar-refractivity contribution is -0.140. The fourth-order valence-electron chi connectivity index (χ4n) is 4.02. The predicted octanol–water partition coefficient (Wildman–Crippen LogP) is 2.75. The minimum atomic E-state index is -0.168. The first kappa shape index (κ1) is 17.1. The maximum atomic E-state index is 12.7. The van der Waals surface area contributed by atoms with Crippen molar-refractivity contribution in [3.8, 4) is 0 Å². The lowest BCUT2D eigenvalue weighted by Crippen LogP contribution is -2.49. The molecule has 1 aromatic carbocycles. The Bertz CT molecular complexity index is 726. The predicted molar refractivity (Wildman–Crippen MR) is 98.0 cm³/mol. The van der Waals surface area contributed by atoms with Gasteiger partial charge in [0.05, 0.1) is 5.92 Å². The minimum Gasteiger partial charge on any atom is -0.337 e. The summed E-state index contributed by atoms with van der Waals surface area (Å²) in [5.41, 5.74) is 1.29. The molecule has 0 spiro atoms. The second-order valence-corrected chi connectivity index (χ2v) is 7.83. The van der Waals surface area contributed by atoms with Gasteiger partial charge in [-0.15, -0.1) is 0 Å². The van der Waals surface area contributed by atoms with Crippen LogP contribution in [0, 0.1) is 11.8 Å². The van der Waals surface area contributed by atoms with Crippen LogP contribution in [0.2, 0.25) is 0 Å². The number of rotatable bonds is 4. The molecule has 0 unspecified atom stereocenters. The van der Waals surface area contributed by atoms with E-state index in [0.717, 1.165) is 19.4 Å². The summed E-state index contributed by atoms with van der Waals surface area (Å²) in [6.07, 6.45) is 4.31. The van der Waals surface area contributed by atoms with Gasteiger partial charge < -0.3 is 15.1 Å². The molecule has 4 fully saturated rings. The summed E-state index contributed by atoms with van der Waals surface area (Å²) in [7, 11) is 0. The Morgan fingerprint density at radius 1 is 1.08 bits per heavy atom. The van der Waals surface area contributed by atoms with E-state index < -0.39 is 0 Å². The van der Waals surface area contributed by atoms with Gasteiger partial charge in [-0.25, -0.2) is 4.79 Å². The zero-order valence-electron chi connectivity index (χ0n) is 15.1. The molecule has 1 N–H and O–H groups in total. The SMILES string of the molecule is CC(=O)c1ccc(NC(=O)N2C[C@H]3CC[C@@H](C2)N(CC2CC2)C3=O)cc1. The lowest BCUT2D eigenvalue weighted by atomic mass is 9.94. The standard InChI is InChI=1S/C20H25N3O3/c1-13(24)15-4-7-17(8-5-15)21-20(26)22-11-16-6-9-18(12-22)23(19(16)25)10-14-2-3-14/h4-5,7-8,14,16,18H,2-3,6,9-12H2,1H3,(H,21,26)/t16-,18+/m1/s1. The van der Waals surface area contributed by atoms with E-state index in [2.05, 4.69) is 5.32 Å². The molecule has 0 radical (unpaired) electrons. The Morgan fingerprint density at radius 3 is 2.46 bits per heavy atom. The van der Waals surface area contributed by atoms with Crippen LogP contribution in [0.1, 0.15) is 43.0 Å². The number of carbonyl (C=O) groups is 3. The maximum Gasteiger partial charge on any atom is 0.321 e. The van der Waals surface area contributed by atoms with Crippen molar-refractivity contribution in [3.63, 3.8) is 0 Å². The van der Waals surface area contributed by atoms with Crippen LogP contribution in [0.3, 0.4) is 0 Å². The van der Waals surface area contributed by atoms with Gasteiger partial charge in [0.1, 0.15) is 0 Å². The fraction of sp³-hybridized carbons (Fsp3) is 0.550. The summed E-state index contributed by atoms with van der Waals surface area (Å²) in [5, 5.41) is 2.90. The molecule has 1 saturated carbocycles. The zero-order valence-corrected chi connectivity index (χ0v) is 15.1. The van der Waals surface area contributed by atoms with Crippen LogP contribution < -0.4 is 5.32 Å². The molecule has 6 heteroatoms. The molecular formula is C20H25N3O3. The van der Waals surface area contributed by atoms with Gasteiger partial charge in [0.2, 0.25) is 5.91 Å². The van der Waals surface area contributed by atoms with Crippen molar-refractivity contribution in [2.45, 2.75) is 38.6 Å². The van der Waals surface area contributed by atoms with Crippen LogP contribution in [0.15, 0.2) is 24.3 Å². The van der Waals surface area contributed by atoms with E-state index in [9.17, 15) is 14.4 Å². The Morgan fingerprint density at radius 2 is 1.81 bits per heavy atom. The first-order valence-electron chi connectivity index (χ1n) is 9.48. The summed E-state index contributed by atoms with van der Waals surface area (Å²) >= 11 is 0. The number of carbonyl (C=O) groups excluding carboxylic acids is 3. The Balaban J connectivity index is 1.43. The number of anilines is 1. The topological polar surface area (TPSA) is 69.7 Å². The number of ketones is 1. The molecule has 1 aliphatic carbocycles. The van der Waals surface area contributed by atoms with Gasteiger partial charge in [0, 0.05) is 36.9 Å². The maximum absolute atomic E-state index is 12.7. The summed E-state index contributed by atoms with van der Waals surface area (Å²) < 4.78 is 0. The zero-order chi connectivity index (χ0) is 18.3. The van der Waals surface area contributed by atoms with Crippen molar-refractivity contribution >= 4 is 23.4 Å². The summed E-state index contributed by atoms with van der Waals surface area (Å²) in [6, 6.07) is 6.89. The normalized spacial score (nSPS) is 25.2. The van der Waals surface area contributed by atoms with Gasteiger partial charge in [-0.1, -0.05) is 0 Å². The van der Waals surface area contributed by atoms with Crippen molar-refractivity contribution in [1.29, 1.82) is 0 Å². The number of amides is 3. The van der Waals surface area contributed by atoms with Crippen LogP contribution >= 0.6 is 0 Å². The second kappa shape index (κ2) is 6.74. The number of fused-ring (bicyclic) bond motifs is 4. The number of nitrogens with zero attached hydrogens (tertiary/aromatic N) is 2. The fourth-order valence-corrected chi connectivity index (χ4v) is 4.02. The lowest BCUT2D eigenvalue weighted by Gasteiger charge is -2.36. The Hall–Kier alpha value is -2.37. The van der Waals surface area contributed by atoms with E-state index in [1.807, 2.05) is 4.90 Å². The number of benzene rings is 1. The highest BCUT2D eigenvalue weighted by Gasteiger charge is 2.43. The van der Waals surface area contributed by atoms with Gasteiger partial charge in [-0.3, -0.25) is 9.59 Å². The molecule has 3 saturated heterocycles. The quantitative estimate of drug-likeness (QED) is 0.845. The molecule has 6 nitrogen and oxygen atoms in total. The second-order valence-electron chi connectivity index (χ2n) is 7.83. The van der Waals surface area contributed by atoms with E-state index in [0.29, 0.717) is 30.3 Å². The summed E-state index contributed by atoms with van der Waals surface area (Å²) in [4.78, 5) is 40.6. The monoisotopic (exact) mass is 355 g/mol. The molecule has 138 valence electrons. The van der Waals surface area contributed by atoms with E-state index in [1.54, 1.807) is 29.2 Å². The van der Waals surface area contributed by atoms with Crippen molar-refractivity contribution in [1.82, 2.24) is 9.80 Å². The van der Waals surface area contributed by atoms with Gasteiger partial charge in [-0.2, -0.15) is 0 Å². The number of hydrogen-bond donors (Lipinski definition) is 1. The van der Waals surface area contributed by atoms with Gasteiger partial charge in [0.25, 0.3) is 0 Å². The highest BCUT2D eigenvalue weighted by molar-refractivity contribution is 5.95. The first-order chi connectivity index (χ1) is 12.5.